The SMILES string of the molecule is CC(C(=O)[N+]1=CCCC1)N(c1ccc2c(c1)OCCO2)S(C)(=O)=O. The number of anilines is 1. The maximum absolute atomic E-state index is 12.6. The van der Waals surface area contributed by atoms with Crippen LogP contribution in [0.4, 0.5) is 5.69 Å². The van der Waals surface area contributed by atoms with Crippen molar-refractivity contribution in [2.75, 3.05) is 30.3 Å². The molecular formula is C16H21N2O5S+. The summed E-state index contributed by atoms with van der Waals surface area (Å²) in [6.07, 6.45) is 4.66. The Labute approximate surface area is 141 Å². The number of hydrogen-bond acceptors (Lipinski definition) is 5. The van der Waals surface area contributed by atoms with Crippen molar-refractivity contribution in [3.05, 3.63) is 18.2 Å². The second-order valence-electron chi connectivity index (χ2n) is 5.92. The van der Waals surface area contributed by atoms with Crippen molar-refractivity contribution < 1.29 is 27.3 Å². The highest BCUT2D eigenvalue weighted by Gasteiger charge is 2.37. The van der Waals surface area contributed by atoms with Crippen molar-refractivity contribution in [1.29, 1.82) is 0 Å². The Bertz CT molecular complexity index is 788. The van der Waals surface area contributed by atoms with Crippen LogP contribution in [0.15, 0.2) is 18.2 Å². The third kappa shape index (κ3) is 3.24. The largest absolute Gasteiger partial charge is 0.486 e. The number of rotatable bonds is 4. The Morgan fingerprint density at radius 3 is 2.58 bits per heavy atom. The molecule has 24 heavy (non-hydrogen) atoms. The fraction of sp³-hybridized carbons (Fsp3) is 0.500. The zero-order valence-corrected chi connectivity index (χ0v) is 14.6. The molecule has 0 fully saturated rings. The predicted molar refractivity (Wildman–Crippen MR) is 89.6 cm³/mol. The van der Waals surface area contributed by atoms with Gasteiger partial charge in [-0.2, -0.15) is 4.58 Å². The maximum Gasteiger partial charge on any atom is 0.410 e. The maximum atomic E-state index is 12.6. The molecule has 0 saturated heterocycles. The van der Waals surface area contributed by atoms with Crippen molar-refractivity contribution >= 4 is 27.8 Å². The minimum Gasteiger partial charge on any atom is -0.486 e. The van der Waals surface area contributed by atoms with Crippen LogP contribution in [0.2, 0.25) is 0 Å². The molecule has 0 spiro atoms. The minimum absolute atomic E-state index is 0.229. The summed E-state index contributed by atoms with van der Waals surface area (Å²) in [6.45, 7) is 3.10. The van der Waals surface area contributed by atoms with Gasteiger partial charge in [-0.25, -0.2) is 13.2 Å². The molecular weight excluding hydrogens is 332 g/mol. The molecule has 1 amide bonds. The monoisotopic (exact) mass is 353 g/mol. The summed E-state index contributed by atoms with van der Waals surface area (Å²) >= 11 is 0. The van der Waals surface area contributed by atoms with Crippen LogP contribution >= 0.6 is 0 Å². The first-order chi connectivity index (χ1) is 11.4. The molecule has 1 aromatic rings. The van der Waals surface area contributed by atoms with E-state index in [1.165, 1.54) is 0 Å². The van der Waals surface area contributed by atoms with Gasteiger partial charge in [0.05, 0.1) is 11.9 Å². The molecule has 0 aliphatic carbocycles. The molecule has 8 heteroatoms. The van der Waals surface area contributed by atoms with Gasteiger partial charge >= 0.3 is 5.91 Å². The third-order valence-corrected chi connectivity index (χ3v) is 5.32. The third-order valence-electron chi connectivity index (χ3n) is 4.08. The summed E-state index contributed by atoms with van der Waals surface area (Å²) in [5, 5.41) is 0. The number of fused-ring (bicyclic) bond motifs is 1. The Morgan fingerprint density at radius 1 is 1.25 bits per heavy atom. The Balaban J connectivity index is 1.96. The van der Waals surface area contributed by atoms with Gasteiger partial charge in [-0.3, -0.25) is 4.31 Å². The number of benzene rings is 1. The molecule has 0 bridgehead atoms. The molecule has 2 aliphatic rings. The van der Waals surface area contributed by atoms with Crippen LogP contribution in [-0.4, -0.2) is 57.2 Å². The molecule has 1 atom stereocenters. The lowest BCUT2D eigenvalue weighted by Gasteiger charge is -2.27. The number of nitrogens with zero attached hydrogens (tertiary/aromatic N) is 2. The number of sulfonamides is 1. The van der Waals surface area contributed by atoms with Gasteiger partial charge < -0.3 is 9.47 Å². The van der Waals surface area contributed by atoms with Crippen molar-refractivity contribution in [2.24, 2.45) is 0 Å². The fourth-order valence-electron chi connectivity index (χ4n) is 3.01. The molecule has 1 aromatic carbocycles. The summed E-state index contributed by atoms with van der Waals surface area (Å²) in [4.78, 5) is 12.6. The van der Waals surface area contributed by atoms with E-state index in [9.17, 15) is 13.2 Å². The van der Waals surface area contributed by atoms with Gasteiger partial charge in [0.2, 0.25) is 10.0 Å². The zero-order valence-electron chi connectivity index (χ0n) is 13.8. The van der Waals surface area contributed by atoms with Crippen molar-refractivity contribution in [2.45, 2.75) is 25.8 Å². The van der Waals surface area contributed by atoms with E-state index in [1.54, 1.807) is 29.7 Å². The molecule has 3 rings (SSSR count). The van der Waals surface area contributed by atoms with Crippen LogP contribution in [0, 0.1) is 0 Å². The van der Waals surface area contributed by atoms with E-state index >= 15 is 0 Å². The molecule has 0 N–H and O–H groups in total. The number of carbonyl (C=O) groups excluding carboxylic acids is 1. The summed E-state index contributed by atoms with van der Waals surface area (Å²) in [6, 6.07) is 4.07. The number of ether oxygens (including phenoxy) is 2. The summed E-state index contributed by atoms with van der Waals surface area (Å²) in [5.74, 6) is 0.831. The molecule has 2 aliphatic heterocycles. The van der Waals surface area contributed by atoms with E-state index in [1.807, 2.05) is 6.21 Å². The molecule has 0 saturated carbocycles. The van der Waals surface area contributed by atoms with Gasteiger partial charge in [-0.05, 0) is 19.1 Å². The van der Waals surface area contributed by atoms with Crippen LogP contribution in [0.1, 0.15) is 19.8 Å². The molecule has 2 heterocycles. The van der Waals surface area contributed by atoms with E-state index in [0.29, 0.717) is 36.9 Å². The predicted octanol–water partition coefficient (Wildman–Crippen LogP) is 1.02. The highest BCUT2D eigenvalue weighted by atomic mass is 32.2. The Kier molecular flexibility index (Phi) is 4.49. The lowest BCUT2D eigenvalue weighted by atomic mass is 10.2. The van der Waals surface area contributed by atoms with Gasteiger partial charge in [-0.1, -0.05) is 0 Å². The van der Waals surface area contributed by atoms with Gasteiger partial charge in [0.25, 0.3) is 0 Å². The van der Waals surface area contributed by atoms with Gasteiger partial charge in [0, 0.05) is 18.9 Å². The standard InChI is InChI=1S/C16H21N2O5S/c1-12(16(19)17-7-3-4-8-17)18(24(2,20)21)13-5-6-14-15(11-13)23-10-9-22-14/h5-7,11-12H,3-4,8-10H2,1-2H3/q+1. The van der Waals surface area contributed by atoms with Crippen molar-refractivity contribution in [3.8, 4) is 11.5 Å². The van der Waals surface area contributed by atoms with Gasteiger partial charge in [0.15, 0.2) is 24.1 Å². The Hall–Kier alpha value is -2.09. The smallest absolute Gasteiger partial charge is 0.410 e. The summed E-state index contributed by atoms with van der Waals surface area (Å²) in [5.41, 5.74) is 0.391. The topological polar surface area (TPSA) is 75.9 Å². The molecule has 7 nitrogen and oxygen atoms in total. The first-order valence-electron chi connectivity index (χ1n) is 7.91. The number of carbonyl (C=O) groups is 1. The Morgan fingerprint density at radius 2 is 1.96 bits per heavy atom. The van der Waals surface area contributed by atoms with E-state index < -0.39 is 16.1 Å². The first kappa shape index (κ1) is 16.8. The van der Waals surface area contributed by atoms with E-state index in [2.05, 4.69) is 0 Å². The average Bonchev–Trinajstić information content (AvgIpc) is 3.07. The highest BCUT2D eigenvalue weighted by Crippen LogP contribution is 2.35. The lowest BCUT2D eigenvalue weighted by molar-refractivity contribution is -0.438. The quantitative estimate of drug-likeness (QED) is 0.756. The highest BCUT2D eigenvalue weighted by molar-refractivity contribution is 7.92. The van der Waals surface area contributed by atoms with Crippen LogP contribution in [0.5, 0.6) is 11.5 Å². The molecule has 0 radical (unpaired) electrons. The van der Waals surface area contributed by atoms with Crippen LogP contribution < -0.4 is 13.8 Å². The fourth-order valence-corrected chi connectivity index (χ4v) is 4.17. The van der Waals surface area contributed by atoms with Crippen molar-refractivity contribution in [1.82, 2.24) is 0 Å². The lowest BCUT2D eigenvalue weighted by Crippen LogP contribution is -2.46. The van der Waals surface area contributed by atoms with Crippen LogP contribution in [0.25, 0.3) is 0 Å². The summed E-state index contributed by atoms with van der Waals surface area (Å²) < 4.78 is 38.4. The normalized spacial score (nSPS) is 18.0. The second kappa shape index (κ2) is 6.43. The van der Waals surface area contributed by atoms with Crippen LogP contribution in [-0.2, 0) is 14.8 Å². The first-order valence-corrected chi connectivity index (χ1v) is 9.75. The van der Waals surface area contributed by atoms with E-state index in [-0.39, 0.29) is 5.91 Å². The molecule has 0 aromatic heterocycles. The number of amides is 1. The number of hydrogen-bond donors (Lipinski definition) is 0. The summed E-state index contributed by atoms with van der Waals surface area (Å²) in [7, 11) is -3.64. The van der Waals surface area contributed by atoms with E-state index in [0.717, 1.165) is 23.4 Å². The van der Waals surface area contributed by atoms with Crippen molar-refractivity contribution in [3.63, 3.8) is 0 Å². The van der Waals surface area contributed by atoms with Crippen LogP contribution in [0.3, 0.4) is 0 Å². The van der Waals surface area contributed by atoms with E-state index in [4.69, 9.17) is 9.47 Å². The molecule has 1 unspecified atom stereocenters. The van der Waals surface area contributed by atoms with Gasteiger partial charge in [-0.15, -0.1) is 0 Å². The second-order valence-corrected chi connectivity index (χ2v) is 7.78. The minimum atomic E-state index is -3.64. The zero-order chi connectivity index (χ0) is 17.3. The average molecular weight is 353 g/mol. The molecule has 130 valence electrons. The van der Waals surface area contributed by atoms with Gasteiger partial charge in [0.1, 0.15) is 19.4 Å².